The van der Waals surface area contributed by atoms with Crippen molar-refractivity contribution in [2.24, 2.45) is 5.92 Å². The van der Waals surface area contributed by atoms with Crippen LogP contribution in [-0.2, 0) is 30.8 Å². The van der Waals surface area contributed by atoms with Gasteiger partial charge in [0.05, 0.1) is 29.6 Å². The molecule has 5 atom stereocenters. The first-order chi connectivity index (χ1) is 25.9. The van der Waals surface area contributed by atoms with Crippen LogP contribution in [0, 0.1) is 12.8 Å². The Morgan fingerprint density at radius 1 is 1.04 bits per heavy atom. The molecule has 3 fully saturated rings. The molecule has 3 N–H and O–H groups in total. The summed E-state index contributed by atoms with van der Waals surface area (Å²) in [6.07, 6.45) is 10.3. The van der Waals surface area contributed by atoms with Crippen molar-refractivity contribution in [2.45, 2.75) is 112 Å². The van der Waals surface area contributed by atoms with Crippen LogP contribution in [0.5, 0.6) is 11.6 Å². The minimum atomic E-state index is -3.96. The highest BCUT2D eigenvalue weighted by molar-refractivity contribution is 7.91. The summed E-state index contributed by atoms with van der Waals surface area (Å²) >= 11 is 0. The second-order valence-corrected chi connectivity index (χ2v) is 18.2. The molecule has 0 bridgehead atoms. The predicted octanol–water partition coefficient (Wildman–Crippen LogP) is 4.49. The van der Waals surface area contributed by atoms with Gasteiger partial charge in [0.1, 0.15) is 34.8 Å². The number of para-hydroxylation sites is 1. The molecule has 2 saturated carbocycles. The molecular formula is C40H48N6O7S. The van der Waals surface area contributed by atoms with Gasteiger partial charge in [-0.15, -0.1) is 0 Å². The standard InChI is InChI=1S/C40H48N6O7S/c1-25-34-28(27-13-9-10-14-29(27)41-25)18-19-39(53-34)23-31-35(47)44-40(37(49)45-54(50,51)38(2)20-21-38)22-26(40)12-7-5-4-6-8-15-30(36(48)46(31)24-39)42-32-16-11-17-33(43-32)52-3/h7,9-14,16-17,26,30-31H,4-6,8,15,18-24H2,1-3H3,(H,42,43)(H,44,47)(H,45,49)/t26-,30+,31+,39-,40-/m1/s1. The van der Waals surface area contributed by atoms with Gasteiger partial charge in [0.15, 0.2) is 0 Å². The minimum absolute atomic E-state index is 0.147. The van der Waals surface area contributed by atoms with Crippen LogP contribution in [0.4, 0.5) is 5.82 Å². The van der Waals surface area contributed by atoms with Gasteiger partial charge in [0, 0.05) is 29.4 Å². The number of nitrogens with one attached hydrogen (secondary N) is 3. The van der Waals surface area contributed by atoms with Crippen LogP contribution in [0.25, 0.3) is 10.9 Å². The van der Waals surface area contributed by atoms with E-state index in [-0.39, 0.29) is 31.2 Å². The maximum Gasteiger partial charge on any atom is 0.259 e. The summed E-state index contributed by atoms with van der Waals surface area (Å²) in [4.78, 5) is 54.5. The fourth-order valence-electron chi connectivity index (χ4n) is 8.43. The van der Waals surface area contributed by atoms with Crippen molar-refractivity contribution >= 4 is 44.5 Å². The molecule has 5 heterocycles. The smallest absolute Gasteiger partial charge is 0.259 e. The quantitative estimate of drug-likeness (QED) is 0.305. The first-order valence-corrected chi connectivity index (χ1v) is 20.6. The Morgan fingerprint density at radius 3 is 2.65 bits per heavy atom. The number of sulfonamides is 1. The van der Waals surface area contributed by atoms with E-state index in [0.717, 1.165) is 47.8 Å². The van der Waals surface area contributed by atoms with Gasteiger partial charge in [-0.05, 0) is 77.3 Å². The van der Waals surface area contributed by atoms with Gasteiger partial charge in [0.2, 0.25) is 27.7 Å². The number of allylic oxidation sites excluding steroid dienone is 1. The number of pyridine rings is 2. The fraction of sp³-hybridized carbons (Fsp3) is 0.525. The number of methoxy groups -OCH3 is 1. The molecule has 3 aromatic rings. The highest BCUT2D eigenvalue weighted by atomic mass is 32.2. The maximum atomic E-state index is 14.9. The molecule has 54 heavy (non-hydrogen) atoms. The lowest BCUT2D eigenvalue weighted by Gasteiger charge is -2.36. The Morgan fingerprint density at radius 2 is 1.85 bits per heavy atom. The third-order valence-corrected chi connectivity index (χ3v) is 14.3. The van der Waals surface area contributed by atoms with E-state index in [1.807, 2.05) is 43.3 Å². The molecule has 286 valence electrons. The van der Waals surface area contributed by atoms with Crippen LogP contribution >= 0.6 is 0 Å². The summed E-state index contributed by atoms with van der Waals surface area (Å²) in [5.41, 5.74) is 0.322. The van der Waals surface area contributed by atoms with Crippen LogP contribution in [0.15, 0.2) is 54.6 Å². The maximum absolute atomic E-state index is 14.9. The summed E-state index contributed by atoms with van der Waals surface area (Å²) < 4.78 is 40.0. The normalized spacial score (nSPS) is 29.1. The molecule has 13 nitrogen and oxygen atoms in total. The van der Waals surface area contributed by atoms with E-state index < -0.39 is 49.8 Å². The number of hydrogen-bond acceptors (Lipinski definition) is 10. The van der Waals surface area contributed by atoms with Gasteiger partial charge in [-0.3, -0.25) is 19.1 Å². The Bertz CT molecular complexity index is 2150. The van der Waals surface area contributed by atoms with Gasteiger partial charge in [0.25, 0.3) is 5.91 Å². The number of anilines is 1. The summed E-state index contributed by atoms with van der Waals surface area (Å²) in [5.74, 6) is -0.371. The molecule has 14 heteroatoms. The molecule has 5 aliphatic rings. The Kier molecular flexibility index (Phi) is 9.09. The van der Waals surface area contributed by atoms with Crippen LogP contribution < -0.4 is 24.8 Å². The molecule has 1 saturated heterocycles. The number of hydrogen-bond donors (Lipinski definition) is 3. The number of carbonyl (C=O) groups excluding carboxylic acids is 3. The summed E-state index contributed by atoms with van der Waals surface area (Å²) in [6.45, 7) is 3.68. The average Bonchev–Trinajstić information content (AvgIpc) is 4.05. The highest BCUT2D eigenvalue weighted by Gasteiger charge is 2.64. The van der Waals surface area contributed by atoms with Gasteiger partial charge >= 0.3 is 0 Å². The molecule has 3 amide bonds. The third kappa shape index (κ3) is 6.56. The number of amides is 3. The Hall–Kier alpha value is -4.72. The second-order valence-electron chi connectivity index (χ2n) is 16.0. The van der Waals surface area contributed by atoms with Crippen molar-refractivity contribution < 1.29 is 32.3 Å². The SMILES string of the molecule is COc1cccc(N[C@H]2CCCCCC=C[C@@H]3C[C@@]3(C(=O)NS(=O)(=O)C3(C)CC3)NC(=O)[C@@H]3C[C@]4(CCc5c(c(C)nc6ccccc56)O4)CN3C2=O)n1. The van der Waals surface area contributed by atoms with Crippen molar-refractivity contribution in [2.75, 3.05) is 19.0 Å². The van der Waals surface area contributed by atoms with Crippen molar-refractivity contribution in [3.63, 3.8) is 0 Å². The highest BCUT2D eigenvalue weighted by Crippen LogP contribution is 2.49. The lowest BCUT2D eigenvalue weighted by atomic mass is 9.87. The molecular weight excluding hydrogens is 709 g/mol. The number of nitrogens with zero attached hydrogens (tertiary/aromatic N) is 3. The monoisotopic (exact) mass is 756 g/mol. The number of carbonyl (C=O) groups is 3. The summed E-state index contributed by atoms with van der Waals surface area (Å²) in [7, 11) is -2.43. The van der Waals surface area contributed by atoms with E-state index in [0.29, 0.717) is 49.6 Å². The molecule has 2 aliphatic carbocycles. The zero-order chi connectivity index (χ0) is 37.9. The minimum Gasteiger partial charge on any atom is -0.483 e. The van der Waals surface area contributed by atoms with E-state index in [1.54, 1.807) is 30.0 Å². The molecule has 0 radical (unpaired) electrons. The van der Waals surface area contributed by atoms with E-state index in [9.17, 15) is 22.8 Å². The van der Waals surface area contributed by atoms with E-state index in [2.05, 4.69) is 20.3 Å². The van der Waals surface area contributed by atoms with Gasteiger partial charge in [-0.25, -0.2) is 13.4 Å². The van der Waals surface area contributed by atoms with Crippen molar-refractivity contribution in [1.29, 1.82) is 0 Å². The zero-order valence-corrected chi connectivity index (χ0v) is 31.8. The molecule has 3 aliphatic heterocycles. The topological polar surface area (TPSA) is 169 Å². The Labute approximate surface area is 315 Å². The predicted molar refractivity (Wildman–Crippen MR) is 202 cm³/mol. The third-order valence-electron chi connectivity index (χ3n) is 12.1. The number of ether oxygens (including phenoxy) is 2. The van der Waals surface area contributed by atoms with Gasteiger partial charge < -0.3 is 25.0 Å². The van der Waals surface area contributed by atoms with E-state index >= 15 is 0 Å². The molecule has 0 unspecified atom stereocenters. The van der Waals surface area contributed by atoms with Crippen molar-refractivity contribution in [3.05, 3.63) is 65.9 Å². The summed E-state index contributed by atoms with van der Waals surface area (Å²) in [6, 6.07) is 11.6. The average molecular weight is 757 g/mol. The van der Waals surface area contributed by atoms with E-state index in [1.165, 1.54) is 7.11 Å². The first kappa shape index (κ1) is 36.3. The first-order valence-electron chi connectivity index (χ1n) is 19.1. The second kappa shape index (κ2) is 13.5. The number of aromatic nitrogens is 2. The largest absolute Gasteiger partial charge is 0.483 e. The van der Waals surface area contributed by atoms with E-state index in [4.69, 9.17) is 14.5 Å². The van der Waals surface area contributed by atoms with Crippen LogP contribution in [0.2, 0.25) is 0 Å². The number of aryl methyl sites for hydroxylation is 2. The van der Waals surface area contributed by atoms with Crippen molar-refractivity contribution in [1.82, 2.24) is 24.9 Å². The van der Waals surface area contributed by atoms with Crippen LogP contribution in [0.3, 0.4) is 0 Å². The van der Waals surface area contributed by atoms with Crippen molar-refractivity contribution in [3.8, 4) is 11.6 Å². The number of benzene rings is 1. The van der Waals surface area contributed by atoms with Crippen LogP contribution in [-0.4, -0.2) is 82.6 Å². The molecule has 8 rings (SSSR count). The lowest BCUT2D eigenvalue weighted by Crippen LogP contribution is -2.58. The molecule has 2 aromatic heterocycles. The number of rotatable bonds is 6. The van der Waals surface area contributed by atoms with Gasteiger partial charge in [-0.2, -0.15) is 4.98 Å². The molecule has 1 aromatic carbocycles. The number of fused-ring (bicyclic) bond motifs is 5. The summed E-state index contributed by atoms with van der Waals surface area (Å²) in [5, 5.41) is 7.36. The molecule has 1 spiro atoms. The zero-order valence-electron chi connectivity index (χ0n) is 31.0. The van der Waals surface area contributed by atoms with Gasteiger partial charge in [-0.1, -0.05) is 49.3 Å². The van der Waals surface area contributed by atoms with Crippen LogP contribution in [0.1, 0.15) is 82.4 Å². The Balaban J connectivity index is 1.15. The lowest BCUT2D eigenvalue weighted by molar-refractivity contribution is -0.140. The fourth-order valence-corrected chi connectivity index (χ4v) is 9.74.